The molecule has 0 fully saturated rings. The Hall–Kier alpha value is -1.36. The Morgan fingerprint density at radius 3 is 2.53 bits per heavy atom. The minimum absolute atomic E-state index is 0.113. The number of nitrogens with zero attached hydrogens (tertiary/aromatic N) is 3. The van der Waals surface area contributed by atoms with Crippen LogP contribution in [0.15, 0.2) is 6.07 Å². The highest BCUT2D eigenvalue weighted by atomic mass is 15.2. The van der Waals surface area contributed by atoms with Crippen molar-refractivity contribution >= 4 is 11.6 Å². The van der Waals surface area contributed by atoms with E-state index in [0.29, 0.717) is 6.54 Å². The molecule has 5 heteroatoms. The van der Waals surface area contributed by atoms with Crippen LogP contribution in [0, 0.1) is 6.92 Å². The molecule has 0 saturated carbocycles. The van der Waals surface area contributed by atoms with Crippen molar-refractivity contribution in [2.75, 3.05) is 29.9 Å². The maximum absolute atomic E-state index is 5.71. The maximum atomic E-state index is 5.71. The van der Waals surface area contributed by atoms with Crippen molar-refractivity contribution in [1.82, 2.24) is 9.97 Å². The Balaban J connectivity index is 2.85. The number of aryl methyl sites for hydroxylation is 1. The highest BCUT2D eigenvalue weighted by Gasteiger charge is 2.07. The average Bonchev–Trinajstić information content (AvgIpc) is 2.27. The van der Waals surface area contributed by atoms with Gasteiger partial charge in [0.1, 0.15) is 17.5 Å². The van der Waals surface area contributed by atoms with Crippen LogP contribution in [0.5, 0.6) is 0 Å². The van der Waals surface area contributed by atoms with Gasteiger partial charge < -0.3 is 16.0 Å². The van der Waals surface area contributed by atoms with Gasteiger partial charge in [-0.3, -0.25) is 0 Å². The largest absolute Gasteiger partial charge is 0.368 e. The molecule has 0 spiro atoms. The van der Waals surface area contributed by atoms with Crippen molar-refractivity contribution in [3.8, 4) is 0 Å². The summed E-state index contributed by atoms with van der Waals surface area (Å²) in [5.41, 5.74) is 5.71. The van der Waals surface area contributed by atoms with Gasteiger partial charge in [0.25, 0.3) is 0 Å². The molecule has 17 heavy (non-hydrogen) atoms. The van der Waals surface area contributed by atoms with Crippen LogP contribution in [0.3, 0.4) is 0 Å². The molecule has 1 rings (SSSR count). The van der Waals surface area contributed by atoms with Gasteiger partial charge in [0.05, 0.1) is 0 Å². The first-order chi connectivity index (χ1) is 8.06. The molecule has 1 heterocycles. The lowest BCUT2D eigenvalue weighted by atomic mass is 10.3. The molecule has 0 aromatic carbocycles. The van der Waals surface area contributed by atoms with Crippen molar-refractivity contribution in [2.24, 2.45) is 5.73 Å². The normalized spacial score (nSPS) is 12.3. The number of hydrogen-bond acceptors (Lipinski definition) is 5. The number of aromatic nitrogens is 2. The molecule has 5 nitrogen and oxygen atoms in total. The summed E-state index contributed by atoms with van der Waals surface area (Å²) in [4.78, 5) is 11.0. The number of nitrogens with two attached hydrogens (primary N) is 1. The molecule has 1 aromatic rings. The second-order valence-electron chi connectivity index (χ2n) is 4.19. The van der Waals surface area contributed by atoms with E-state index in [9.17, 15) is 0 Å². The average molecular weight is 237 g/mol. The Bertz CT molecular complexity index is 347. The lowest BCUT2D eigenvalue weighted by molar-refractivity contribution is 0.774. The van der Waals surface area contributed by atoms with Crippen molar-refractivity contribution in [2.45, 2.75) is 33.7 Å². The minimum atomic E-state index is 0.113. The third-order valence-electron chi connectivity index (χ3n) is 2.52. The predicted molar refractivity (Wildman–Crippen MR) is 72.5 cm³/mol. The first-order valence-corrected chi connectivity index (χ1v) is 6.16. The monoisotopic (exact) mass is 237 g/mol. The lowest BCUT2D eigenvalue weighted by Crippen LogP contribution is -2.26. The molecule has 0 aliphatic rings. The molecule has 1 unspecified atom stereocenters. The molecule has 0 saturated heterocycles. The summed E-state index contributed by atoms with van der Waals surface area (Å²) in [5.74, 6) is 2.59. The Labute approximate surface area is 103 Å². The van der Waals surface area contributed by atoms with Crippen LogP contribution in [0.1, 0.15) is 26.6 Å². The summed E-state index contributed by atoms with van der Waals surface area (Å²) in [6, 6.07) is 2.09. The van der Waals surface area contributed by atoms with E-state index in [1.165, 1.54) is 0 Å². The molecule has 0 radical (unpaired) electrons. The molecule has 1 atom stereocenters. The van der Waals surface area contributed by atoms with Crippen LogP contribution in [-0.4, -0.2) is 35.6 Å². The van der Waals surface area contributed by atoms with Gasteiger partial charge in [-0.2, -0.15) is 0 Å². The standard InChI is InChI=1S/C12H23N5/c1-5-17(6-2)12-7-11(14-8-9(3)13)15-10(4)16-12/h7,9H,5-6,8,13H2,1-4H3,(H,14,15,16). The van der Waals surface area contributed by atoms with Crippen LogP contribution in [0.2, 0.25) is 0 Å². The molecule has 96 valence electrons. The fourth-order valence-electron chi connectivity index (χ4n) is 1.62. The van der Waals surface area contributed by atoms with E-state index < -0.39 is 0 Å². The highest BCUT2D eigenvalue weighted by Crippen LogP contribution is 2.15. The van der Waals surface area contributed by atoms with E-state index in [-0.39, 0.29) is 6.04 Å². The summed E-state index contributed by atoms with van der Waals surface area (Å²) in [7, 11) is 0. The first-order valence-electron chi connectivity index (χ1n) is 6.16. The van der Waals surface area contributed by atoms with Crippen molar-refractivity contribution in [3.05, 3.63) is 11.9 Å². The zero-order valence-corrected chi connectivity index (χ0v) is 11.2. The zero-order valence-electron chi connectivity index (χ0n) is 11.2. The topological polar surface area (TPSA) is 67.1 Å². The number of nitrogens with one attached hydrogen (secondary N) is 1. The summed E-state index contributed by atoms with van der Waals surface area (Å²) < 4.78 is 0. The summed E-state index contributed by atoms with van der Waals surface area (Å²) in [6.07, 6.45) is 0. The molecule has 1 aromatic heterocycles. The number of rotatable bonds is 6. The van der Waals surface area contributed by atoms with E-state index in [1.807, 2.05) is 19.9 Å². The summed E-state index contributed by atoms with van der Waals surface area (Å²) >= 11 is 0. The fraction of sp³-hybridized carbons (Fsp3) is 0.667. The van der Waals surface area contributed by atoms with Gasteiger partial charge in [-0.1, -0.05) is 0 Å². The van der Waals surface area contributed by atoms with E-state index in [1.54, 1.807) is 0 Å². The number of hydrogen-bond donors (Lipinski definition) is 2. The van der Waals surface area contributed by atoms with Crippen LogP contribution in [-0.2, 0) is 0 Å². The van der Waals surface area contributed by atoms with Crippen LogP contribution in [0.4, 0.5) is 11.6 Å². The number of anilines is 2. The fourth-order valence-corrected chi connectivity index (χ4v) is 1.62. The van der Waals surface area contributed by atoms with Crippen LogP contribution in [0.25, 0.3) is 0 Å². The Morgan fingerprint density at radius 2 is 2.00 bits per heavy atom. The van der Waals surface area contributed by atoms with Crippen molar-refractivity contribution in [1.29, 1.82) is 0 Å². The smallest absolute Gasteiger partial charge is 0.134 e. The van der Waals surface area contributed by atoms with E-state index >= 15 is 0 Å². The molecule has 0 bridgehead atoms. The van der Waals surface area contributed by atoms with Crippen molar-refractivity contribution < 1.29 is 0 Å². The van der Waals surface area contributed by atoms with Crippen LogP contribution < -0.4 is 16.0 Å². The molecule has 0 aliphatic carbocycles. The maximum Gasteiger partial charge on any atom is 0.134 e. The van der Waals surface area contributed by atoms with Gasteiger partial charge >= 0.3 is 0 Å². The minimum Gasteiger partial charge on any atom is -0.368 e. The van der Waals surface area contributed by atoms with Gasteiger partial charge in [-0.15, -0.1) is 0 Å². The van der Waals surface area contributed by atoms with E-state index in [2.05, 4.69) is 34.0 Å². The lowest BCUT2D eigenvalue weighted by Gasteiger charge is -2.21. The van der Waals surface area contributed by atoms with Gasteiger partial charge in [0.15, 0.2) is 0 Å². The van der Waals surface area contributed by atoms with Gasteiger partial charge in [-0.25, -0.2) is 9.97 Å². The predicted octanol–water partition coefficient (Wildman–Crippen LogP) is 1.39. The zero-order chi connectivity index (χ0) is 12.8. The quantitative estimate of drug-likeness (QED) is 0.782. The summed E-state index contributed by atoms with van der Waals surface area (Å²) in [5, 5.41) is 3.23. The third-order valence-corrected chi connectivity index (χ3v) is 2.52. The van der Waals surface area contributed by atoms with E-state index in [4.69, 9.17) is 5.73 Å². The Kier molecular flexibility index (Phi) is 5.15. The van der Waals surface area contributed by atoms with Crippen LogP contribution >= 0.6 is 0 Å². The summed E-state index contributed by atoms with van der Waals surface area (Å²) in [6.45, 7) is 10.7. The SMILES string of the molecule is CCN(CC)c1cc(NCC(C)N)nc(C)n1. The van der Waals surface area contributed by atoms with Gasteiger partial charge in [0.2, 0.25) is 0 Å². The molecular formula is C12H23N5. The highest BCUT2D eigenvalue weighted by molar-refractivity contribution is 5.49. The third kappa shape index (κ3) is 4.19. The second kappa shape index (κ2) is 6.39. The van der Waals surface area contributed by atoms with Crippen molar-refractivity contribution in [3.63, 3.8) is 0 Å². The molecule has 3 N–H and O–H groups in total. The molecule has 0 aliphatic heterocycles. The van der Waals surface area contributed by atoms with Gasteiger partial charge in [0, 0.05) is 31.7 Å². The Morgan fingerprint density at radius 1 is 1.35 bits per heavy atom. The molecular weight excluding hydrogens is 214 g/mol. The van der Waals surface area contributed by atoms with Gasteiger partial charge in [-0.05, 0) is 27.7 Å². The second-order valence-corrected chi connectivity index (χ2v) is 4.19. The first kappa shape index (κ1) is 13.7. The van der Waals surface area contributed by atoms with E-state index in [0.717, 1.165) is 30.5 Å². The molecule has 0 amide bonds.